The number of benzene rings is 2. The Kier molecular flexibility index (Phi) is 6.54. The van der Waals surface area contributed by atoms with Crippen molar-refractivity contribution in [1.29, 1.82) is 0 Å². The highest BCUT2D eigenvalue weighted by Crippen LogP contribution is 2.27. The minimum absolute atomic E-state index is 0.0714. The SMILES string of the molecule is O=C(CCN1CCN(S(=O)(=O)c2ccccc2[N+](=O)[O-])CC1)Nc1ccc2c(c1)CCC2. The number of fused-ring (bicyclic) bond motifs is 1. The van der Waals surface area contributed by atoms with Gasteiger partial charge in [-0.05, 0) is 48.6 Å². The number of rotatable bonds is 7. The van der Waals surface area contributed by atoms with Crippen LogP contribution in [0.5, 0.6) is 0 Å². The monoisotopic (exact) mass is 458 g/mol. The first-order valence-corrected chi connectivity index (χ1v) is 12.2. The van der Waals surface area contributed by atoms with E-state index in [2.05, 4.69) is 11.4 Å². The molecule has 1 aliphatic heterocycles. The molecule has 0 radical (unpaired) electrons. The normalized spacial score (nSPS) is 17.1. The Bertz CT molecular complexity index is 1130. The fraction of sp³-hybridized carbons (Fsp3) is 0.409. The summed E-state index contributed by atoms with van der Waals surface area (Å²) in [6.07, 6.45) is 3.63. The molecular weight excluding hydrogens is 432 g/mol. The molecule has 0 spiro atoms. The molecule has 10 heteroatoms. The van der Waals surface area contributed by atoms with Crippen LogP contribution in [0.2, 0.25) is 0 Å². The van der Waals surface area contributed by atoms with E-state index < -0.39 is 20.6 Å². The highest BCUT2D eigenvalue weighted by atomic mass is 32.2. The van der Waals surface area contributed by atoms with Crippen LogP contribution in [-0.2, 0) is 27.7 Å². The summed E-state index contributed by atoms with van der Waals surface area (Å²) >= 11 is 0. The molecule has 1 saturated heterocycles. The molecule has 0 bridgehead atoms. The van der Waals surface area contributed by atoms with Gasteiger partial charge < -0.3 is 10.2 Å². The maximum absolute atomic E-state index is 12.9. The van der Waals surface area contributed by atoms with Gasteiger partial charge in [-0.25, -0.2) is 8.42 Å². The predicted molar refractivity (Wildman–Crippen MR) is 120 cm³/mol. The first kappa shape index (κ1) is 22.4. The molecule has 0 saturated carbocycles. The molecule has 1 fully saturated rings. The van der Waals surface area contributed by atoms with Crippen LogP contribution in [0.1, 0.15) is 24.0 Å². The standard InChI is InChI=1S/C22H26N4O5S/c27-22(23-19-9-8-17-4-3-5-18(17)16-19)10-11-24-12-14-25(15-13-24)32(30,31)21-7-2-1-6-20(21)26(28)29/h1-2,6-9,16H,3-5,10-15H2,(H,23,27). The predicted octanol–water partition coefficient (Wildman–Crippen LogP) is 2.42. The van der Waals surface area contributed by atoms with Gasteiger partial charge in [0.2, 0.25) is 15.9 Å². The Morgan fingerprint density at radius 2 is 1.75 bits per heavy atom. The smallest absolute Gasteiger partial charge is 0.289 e. The highest BCUT2D eigenvalue weighted by molar-refractivity contribution is 7.89. The van der Waals surface area contributed by atoms with Crippen molar-refractivity contribution in [1.82, 2.24) is 9.21 Å². The van der Waals surface area contributed by atoms with Crippen LogP contribution in [0, 0.1) is 10.1 Å². The number of nitrogens with zero attached hydrogens (tertiary/aromatic N) is 3. The first-order valence-electron chi connectivity index (χ1n) is 10.7. The molecule has 170 valence electrons. The van der Waals surface area contributed by atoms with Crippen LogP contribution >= 0.6 is 0 Å². The van der Waals surface area contributed by atoms with E-state index in [-0.39, 0.29) is 23.9 Å². The zero-order valence-electron chi connectivity index (χ0n) is 17.7. The molecule has 2 aliphatic rings. The summed E-state index contributed by atoms with van der Waals surface area (Å²) in [6, 6.07) is 11.5. The number of amides is 1. The van der Waals surface area contributed by atoms with Crippen molar-refractivity contribution in [3.05, 3.63) is 63.7 Å². The zero-order valence-corrected chi connectivity index (χ0v) is 18.5. The van der Waals surface area contributed by atoms with E-state index in [4.69, 9.17) is 0 Å². The van der Waals surface area contributed by atoms with E-state index >= 15 is 0 Å². The number of hydrogen-bond acceptors (Lipinski definition) is 6. The number of aryl methyl sites for hydroxylation is 2. The molecular formula is C22H26N4O5S. The second kappa shape index (κ2) is 9.35. The Balaban J connectivity index is 1.28. The third-order valence-corrected chi connectivity index (χ3v) is 7.99. The lowest BCUT2D eigenvalue weighted by Crippen LogP contribution is -2.49. The minimum Gasteiger partial charge on any atom is -0.326 e. The average Bonchev–Trinajstić information content (AvgIpc) is 3.26. The number of carbonyl (C=O) groups is 1. The van der Waals surface area contributed by atoms with E-state index in [0.29, 0.717) is 26.1 Å². The molecule has 0 unspecified atom stereocenters. The number of anilines is 1. The summed E-state index contributed by atoms with van der Waals surface area (Å²) in [7, 11) is -3.95. The Labute approximate surface area is 187 Å². The highest BCUT2D eigenvalue weighted by Gasteiger charge is 2.33. The van der Waals surface area contributed by atoms with Crippen LogP contribution < -0.4 is 5.32 Å². The number of piperazine rings is 1. The van der Waals surface area contributed by atoms with Gasteiger partial charge in [0.05, 0.1) is 4.92 Å². The fourth-order valence-corrected chi connectivity index (χ4v) is 5.87. The third-order valence-electron chi connectivity index (χ3n) is 6.05. The molecule has 2 aromatic rings. The van der Waals surface area contributed by atoms with Gasteiger partial charge in [-0.2, -0.15) is 4.31 Å². The van der Waals surface area contributed by atoms with Gasteiger partial charge in [-0.15, -0.1) is 0 Å². The second-order valence-corrected chi connectivity index (χ2v) is 10.0. The molecule has 1 N–H and O–H groups in total. The molecule has 1 heterocycles. The Morgan fingerprint density at radius 1 is 1.03 bits per heavy atom. The number of hydrogen-bond donors (Lipinski definition) is 1. The van der Waals surface area contributed by atoms with Gasteiger partial charge in [-0.1, -0.05) is 18.2 Å². The minimum atomic E-state index is -3.95. The molecule has 1 amide bonds. The number of nitro groups is 1. The first-order chi connectivity index (χ1) is 15.3. The number of sulfonamides is 1. The largest absolute Gasteiger partial charge is 0.326 e. The lowest BCUT2D eigenvalue weighted by atomic mass is 10.1. The topological polar surface area (TPSA) is 113 Å². The van der Waals surface area contributed by atoms with Crippen LogP contribution in [0.4, 0.5) is 11.4 Å². The van der Waals surface area contributed by atoms with Gasteiger partial charge in [0.1, 0.15) is 0 Å². The van der Waals surface area contributed by atoms with E-state index in [1.54, 1.807) is 0 Å². The fourth-order valence-electron chi connectivity index (χ4n) is 4.29. The summed E-state index contributed by atoms with van der Waals surface area (Å²) in [5, 5.41) is 14.2. The van der Waals surface area contributed by atoms with E-state index in [1.807, 2.05) is 17.0 Å². The van der Waals surface area contributed by atoms with Crippen molar-refractivity contribution >= 4 is 27.3 Å². The lowest BCUT2D eigenvalue weighted by Gasteiger charge is -2.33. The molecule has 4 rings (SSSR count). The summed E-state index contributed by atoms with van der Waals surface area (Å²) in [4.78, 5) is 24.6. The van der Waals surface area contributed by atoms with Crippen LogP contribution in [0.15, 0.2) is 47.4 Å². The Morgan fingerprint density at radius 3 is 2.50 bits per heavy atom. The number of nitro benzene ring substituents is 1. The van der Waals surface area contributed by atoms with E-state index in [9.17, 15) is 23.3 Å². The van der Waals surface area contributed by atoms with Gasteiger partial charge in [0.15, 0.2) is 4.90 Å². The summed E-state index contributed by atoms with van der Waals surface area (Å²) in [5.74, 6) is -0.0714. The van der Waals surface area contributed by atoms with Crippen molar-refractivity contribution in [3.8, 4) is 0 Å². The van der Waals surface area contributed by atoms with Crippen LogP contribution in [0.25, 0.3) is 0 Å². The van der Waals surface area contributed by atoms with Crippen molar-refractivity contribution < 1.29 is 18.1 Å². The average molecular weight is 459 g/mol. The summed E-state index contributed by atoms with van der Waals surface area (Å²) < 4.78 is 27.1. The quantitative estimate of drug-likeness (QED) is 0.504. The third kappa shape index (κ3) is 4.82. The molecule has 0 atom stereocenters. The lowest BCUT2D eigenvalue weighted by molar-refractivity contribution is -0.387. The number of carbonyl (C=O) groups excluding carboxylic acids is 1. The Hall–Kier alpha value is -2.82. The van der Waals surface area contributed by atoms with Gasteiger partial charge in [0, 0.05) is 50.9 Å². The summed E-state index contributed by atoms with van der Waals surface area (Å²) in [6.45, 7) is 1.90. The molecule has 0 aromatic heterocycles. The van der Waals surface area contributed by atoms with E-state index in [1.165, 1.54) is 39.7 Å². The summed E-state index contributed by atoms with van der Waals surface area (Å²) in [5.41, 5.74) is 3.06. The maximum Gasteiger partial charge on any atom is 0.289 e. The van der Waals surface area contributed by atoms with Crippen molar-refractivity contribution in [2.24, 2.45) is 0 Å². The number of nitrogens with one attached hydrogen (secondary N) is 1. The molecule has 2 aromatic carbocycles. The van der Waals surface area contributed by atoms with Crippen LogP contribution in [-0.4, -0.2) is 61.2 Å². The van der Waals surface area contributed by atoms with Crippen molar-refractivity contribution in [2.75, 3.05) is 38.0 Å². The van der Waals surface area contributed by atoms with Gasteiger partial charge >= 0.3 is 0 Å². The number of para-hydroxylation sites is 1. The van der Waals surface area contributed by atoms with Crippen LogP contribution in [0.3, 0.4) is 0 Å². The van der Waals surface area contributed by atoms with Gasteiger partial charge in [0.25, 0.3) is 5.69 Å². The van der Waals surface area contributed by atoms with Gasteiger partial charge in [-0.3, -0.25) is 14.9 Å². The van der Waals surface area contributed by atoms with E-state index in [0.717, 1.165) is 24.9 Å². The molecule has 1 aliphatic carbocycles. The zero-order chi connectivity index (χ0) is 22.7. The molecule has 9 nitrogen and oxygen atoms in total. The second-order valence-electron chi connectivity index (χ2n) is 8.11. The van der Waals surface area contributed by atoms with Crippen molar-refractivity contribution in [3.63, 3.8) is 0 Å². The van der Waals surface area contributed by atoms with Crippen molar-refractivity contribution in [2.45, 2.75) is 30.6 Å². The maximum atomic E-state index is 12.9. The molecule has 32 heavy (non-hydrogen) atoms.